The maximum absolute atomic E-state index is 10.9. The first kappa shape index (κ1) is 10.6. The van der Waals surface area contributed by atoms with Crippen LogP contribution < -0.4 is 0 Å². The van der Waals surface area contributed by atoms with Crippen LogP contribution in [0.2, 0.25) is 5.02 Å². The Labute approximate surface area is 96.7 Å². The molecule has 4 nitrogen and oxygen atoms in total. The van der Waals surface area contributed by atoms with E-state index in [0.717, 1.165) is 0 Å². The molecule has 0 spiro atoms. The largest absolute Gasteiger partial charge is 0.278 e. The molecule has 80 valence electrons. The minimum atomic E-state index is -0.450. The smallest absolute Gasteiger partial charge is 0.264 e. The number of nitrogens with zero attached hydrogens (tertiary/aromatic N) is 2. The summed E-state index contributed by atoms with van der Waals surface area (Å²) in [6.45, 7) is 0. The van der Waals surface area contributed by atoms with Crippen LogP contribution in [0, 0.1) is 10.1 Å². The molecule has 0 saturated heterocycles. The Morgan fingerprint density at radius 2 is 2.12 bits per heavy atom. The predicted octanol–water partition coefficient (Wildman–Crippen LogP) is 3.31. The molecule has 0 radical (unpaired) electrons. The highest BCUT2D eigenvalue weighted by Crippen LogP contribution is 2.31. The maximum atomic E-state index is 10.9. The van der Waals surface area contributed by atoms with Gasteiger partial charge in [-0.05, 0) is 18.2 Å². The number of pyridine rings is 1. The molecular formula is C11H7ClN2O2. The number of hydrogen-bond acceptors (Lipinski definition) is 3. The van der Waals surface area contributed by atoms with E-state index >= 15 is 0 Å². The molecule has 0 amide bonds. The van der Waals surface area contributed by atoms with Crippen molar-refractivity contribution < 1.29 is 4.92 Å². The lowest BCUT2D eigenvalue weighted by molar-refractivity contribution is -0.384. The van der Waals surface area contributed by atoms with E-state index in [-0.39, 0.29) is 5.69 Å². The Morgan fingerprint density at radius 3 is 2.75 bits per heavy atom. The monoisotopic (exact) mass is 234 g/mol. The number of rotatable bonds is 2. The minimum Gasteiger partial charge on any atom is -0.264 e. The summed E-state index contributed by atoms with van der Waals surface area (Å²) in [5, 5.41) is 11.2. The van der Waals surface area contributed by atoms with Crippen LogP contribution in [-0.2, 0) is 0 Å². The summed E-state index contributed by atoms with van der Waals surface area (Å²) < 4.78 is 0. The van der Waals surface area contributed by atoms with Crippen LogP contribution in [0.15, 0.2) is 42.7 Å². The third-order valence-corrected chi connectivity index (χ3v) is 2.36. The number of nitro benzene ring substituents is 1. The van der Waals surface area contributed by atoms with Crippen LogP contribution in [0.5, 0.6) is 0 Å². The van der Waals surface area contributed by atoms with Crippen molar-refractivity contribution in [2.24, 2.45) is 0 Å². The van der Waals surface area contributed by atoms with E-state index in [1.54, 1.807) is 36.7 Å². The molecular weight excluding hydrogens is 228 g/mol. The Balaban J connectivity index is 2.61. The highest BCUT2D eigenvalue weighted by Gasteiger charge is 2.15. The van der Waals surface area contributed by atoms with Gasteiger partial charge >= 0.3 is 0 Å². The molecule has 0 aliphatic rings. The van der Waals surface area contributed by atoms with Crippen LogP contribution in [0.4, 0.5) is 5.69 Å². The fourth-order valence-electron chi connectivity index (χ4n) is 1.42. The number of halogens is 1. The number of nitro groups is 1. The second-order valence-corrected chi connectivity index (χ2v) is 3.60. The standard InChI is InChI=1S/C11H7ClN2O2/c12-9-3-4-10(11(6-9)14(15)16)8-2-1-5-13-7-8/h1-7H. The van der Waals surface area contributed by atoms with Crippen LogP contribution in [0.3, 0.4) is 0 Å². The van der Waals surface area contributed by atoms with E-state index in [0.29, 0.717) is 16.1 Å². The van der Waals surface area contributed by atoms with Crippen molar-refractivity contribution >= 4 is 17.3 Å². The molecule has 0 unspecified atom stereocenters. The number of hydrogen-bond donors (Lipinski definition) is 0. The molecule has 5 heteroatoms. The third kappa shape index (κ3) is 2.01. The predicted molar refractivity (Wildman–Crippen MR) is 61.3 cm³/mol. The van der Waals surface area contributed by atoms with Crippen molar-refractivity contribution in [1.82, 2.24) is 4.98 Å². The van der Waals surface area contributed by atoms with E-state index in [4.69, 9.17) is 11.6 Å². The Bertz CT molecular complexity index is 529. The Morgan fingerprint density at radius 1 is 1.31 bits per heavy atom. The fourth-order valence-corrected chi connectivity index (χ4v) is 1.59. The molecule has 1 aromatic carbocycles. The Kier molecular flexibility index (Phi) is 2.83. The van der Waals surface area contributed by atoms with Gasteiger partial charge in [-0.25, -0.2) is 0 Å². The first-order valence-corrected chi connectivity index (χ1v) is 4.90. The topological polar surface area (TPSA) is 56.0 Å². The number of aromatic nitrogens is 1. The van der Waals surface area contributed by atoms with Crippen molar-refractivity contribution in [3.63, 3.8) is 0 Å². The average molecular weight is 235 g/mol. The summed E-state index contributed by atoms with van der Waals surface area (Å²) in [5.41, 5.74) is 1.20. The maximum Gasteiger partial charge on any atom is 0.278 e. The fraction of sp³-hybridized carbons (Fsp3) is 0. The van der Waals surface area contributed by atoms with E-state index in [1.807, 2.05) is 0 Å². The van der Waals surface area contributed by atoms with Gasteiger partial charge in [0.15, 0.2) is 0 Å². The average Bonchev–Trinajstić information content (AvgIpc) is 2.30. The molecule has 0 N–H and O–H groups in total. The summed E-state index contributed by atoms with van der Waals surface area (Å²) in [7, 11) is 0. The highest BCUT2D eigenvalue weighted by molar-refractivity contribution is 6.30. The van der Waals surface area contributed by atoms with Crippen molar-refractivity contribution in [2.75, 3.05) is 0 Å². The summed E-state index contributed by atoms with van der Waals surface area (Å²) in [5.74, 6) is 0. The van der Waals surface area contributed by atoms with Gasteiger partial charge in [0.2, 0.25) is 0 Å². The molecule has 0 atom stereocenters. The normalized spacial score (nSPS) is 10.1. The second-order valence-electron chi connectivity index (χ2n) is 3.16. The van der Waals surface area contributed by atoms with Gasteiger partial charge in [0.1, 0.15) is 0 Å². The van der Waals surface area contributed by atoms with Gasteiger partial charge in [-0.15, -0.1) is 0 Å². The zero-order valence-electron chi connectivity index (χ0n) is 8.13. The molecule has 0 saturated carbocycles. The van der Waals surface area contributed by atoms with Gasteiger partial charge in [-0.1, -0.05) is 17.7 Å². The molecule has 2 aromatic rings. The quantitative estimate of drug-likeness (QED) is 0.592. The van der Waals surface area contributed by atoms with Crippen molar-refractivity contribution in [3.8, 4) is 11.1 Å². The SMILES string of the molecule is O=[N+]([O-])c1cc(Cl)ccc1-c1cccnc1. The zero-order valence-corrected chi connectivity index (χ0v) is 8.89. The summed E-state index contributed by atoms with van der Waals surface area (Å²) in [6.07, 6.45) is 3.20. The lowest BCUT2D eigenvalue weighted by Gasteiger charge is -2.02. The highest BCUT2D eigenvalue weighted by atomic mass is 35.5. The van der Waals surface area contributed by atoms with Crippen LogP contribution >= 0.6 is 11.6 Å². The third-order valence-electron chi connectivity index (χ3n) is 2.13. The van der Waals surface area contributed by atoms with E-state index in [1.165, 1.54) is 6.07 Å². The lowest BCUT2D eigenvalue weighted by Crippen LogP contribution is -1.92. The van der Waals surface area contributed by atoms with Gasteiger partial charge in [0.05, 0.1) is 10.5 Å². The Hall–Kier alpha value is -1.94. The van der Waals surface area contributed by atoms with Crippen molar-refractivity contribution in [1.29, 1.82) is 0 Å². The molecule has 0 aliphatic carbocycles. The number of benzene rings is 1. The van der Waals surface area contributed by atoms with E-state index < -0.39 is 4.92 Å². The zero-order chi connectivity index (χ0) is 11.5. The summed E-state index contributed by atoms with van der Waals surface area (Å²) in [4.78, 5) is 14.4. The van der Waals surface area contributed by atoms with Gasteiger partial charge in [0.25, 0.3) is 5.69 Å². The first-order chi connectivity index (χ1) is 7.68. The molecule has 0 bridgehead atoms. The van der Waals surface area contributed by atoms with Gasteiger partial charge in [-0.3, -0.25) is 15.1 Å². The molecule has 2 rings (SSSR count). The molecule has 16 heavy (non-hydrogen) atoms. The van der Waals surface area contributed by atoms with Crippen LogP contribution in [-0.4, -0.2) is 9.91 Å². The summed E-state index contributed by atoms with van der Waals surface area (Å²) in [6, 6.07) is 8.08. The second kappa shape index (κ2) is 4.28. The van der Waals surface area contributed by atoms with Crippen LogP contribution in [0.25, 0.3) is 11.1 Å². The van der Waals surface area contributed by atoms with Crippen molar-refractivity contribution in [2.45, 2.75) is 0 Å². The molecule has 0 aliphatic heterocycles. The summed E-state index contributed by atoms with van der Waals surface area (Å²) >= 11 is 5.73. The minimum absolute atomic E-state index is 0.0134. The lowest BCUT2D eigenvalue weighted by atomic mass is 10.1. The van der Waals surface area contributed by atoms with Gasteiger partial charge in [0, 0.05) is 29.0 Å². The van der Waals surface area contributed by atoms with Gasteiger partial charge in [-0.2, -0.15) is 0 Å². The van der Waals surface area contributed by atoms with E-state index in [9.17, 15) is 10.1 Å². The van der Waals surface area contributed by atoms with Crippen molar-refractivity contribution in [3.05, 3.63) is 57.9 Å². The molecule has 1 heterocycles. The molecule has 0 fully saturated rings. The first-order valence-electron chi connectivity index (χ1n) is 4.53. The van der Waals surface area contributed by atoms with Crippen LogP contribution in [0.1, 0.15) is 0 Å². The van der Waals surface area contributed by atoms with Gasteiger partial charge < -0.3 is 0 Å². The molecule has 1 aromatic heterocycles. The van der Waals surface area contributed by atoms with E-state index in [2.05, 4.69) is 4.98 Å².